The first kappa shape index (κ1) is 13.4. The van der Waals surface area contributed by atoms with E-state index < -0.39 is 10.0 Å². The Balaban J connectivity index is 2.11. The number of nitrogens with one attached hydrogen (secondary N) is 1. The quantitative estimate of drug-likeness (QED) is 0.803. The van der Waals surface area contributed by atoms with Crippen LogP contribution in [-0.4, -0.2) is 14.5 Å². The lowest BCUT2D eigenvalue weighted by Crippen LogP contribution is -2.33. The van der Waals surface area contributed by atoms with Crippen LogP contribution in [0.2, 0.25) is 0 Å². The van der Waals surface area contributed by atoms with Crippen LogP contribution < -0.4 is 10.5 Å². The molecular formula is C13H20N2O2S. The van der Waals surface area contributed by atoms with Crippen molar-refractivity contribution in [1.29, 1.82) is 0 Å². The second-order valence-electron chi connectivity index (χ2n) is 5.22. The van der Waals surface area contributed by atoms with Gasteiger partial charge in [-0.1, -0.05) is 12.8 Å². The number of benzene rings is 1. The largest absolute Gasteiger partial charge is 0.399 e. The maximum absolute atomic E-state index is 12.2. The summed E-state index contributed by atoms with van der Waals surface area (Å²) in [5.41, 5.74) is 7.09. The van der Waals surface area contributed by atoms with Crippen LogP contribution in [0.5, 0.6) is 0 Å². The van der Waals surface area contributed by atoms with E-state index in [0.717, 1.165) is 12.0 Å². The molecule has 1 atom stereocenters. The molecule has 1 aliphatic carbocycles. The number of hydrogen-bond acceptors (Lipinski definition) is 3. The van der Waals surface area contributed by atoms with Gasteiger partial charge in [-0.05, 0) is 49.9 Å². The van der Waals surface area contributed by atoms with Crippen LogP contribution in [-0.2, 0) is 10.0 Å². The fourth-order valence-electron chi connectivity index (χ4n) is 2.05. The summed E-state index contributed by atoms with van der Waals surface area (Å²) >= 11 is 0. The van der Waals surface area contributed by atoms with Gasteiger partial charge < -0.3 is 5.73 Å². The third-order valence-electron chi connectivity index (χ3n) is 3.29. The van der Waals surface area contributed by atoms with Crippen LogP contribution in [0.15, 0.2) is 23.1 Å². The molecule has 2 rings (SSSR count). The van der Waals surface area contributed by atoms with Crippen molar-refractivity contribution in [3.8, 4) is 0 Å². The average Bonchev–Trinajstić information content (AvgIpc) is 3.04. The molecule has 3 N–H and O–H groups in total. The Morgan fingerprint density at radius 3 is 2.67 bits per heavy atom. The van der Waals surface area contributed by atoms with Gasteiger partial charge in [0, 0.05) is 11.7 Å². The first-order valence-electron chi connectivity index (χ1n) is 6.27. The topological polar surface area (TPSA) is 72.2 Å². The molecule has 0 radical (unpaired) electrons. The molecule has 1 aromatic carbocycles. The van der Waals surface area contributed by atoms with Crippen molar-refractivity contribution < 1.29 is 8.42 Å². The van der Waals surface area contributed by atoms with Crippen LogP contribution in [0.4, 0.5) is 5.69 Å². The predicted octanol–water partition coefficient (Wildman–Crippen LogP) is 2.04. The minimum Gasteiger partial charge on any atom is -0.399 e. The van der Waals surface area contributed by atoms with E-state index in [1.807, 2.05) is 13.8 Å². The standard InChI is InChI=1S/C13H20N2O2S/c1-9-7-12(5-6-13(9)14)18(16,17)15-10(2)8-11-3-4-11/h5-7,10-11,15H,3-4,8,14H2,1-2H3. The van der Waals surface area contributed by atoms with Gasteiger partial charge in [0.15, 0.2) is 0 Å². The Kier molecular flexibility index (Phi) is 3.64. The highest BCUT2D eigenvalue weighted by molar-refractivity contribution is 7.89. The number of rotatable bonds is 5. The Bertz CT molecular complexity index is 536. The Morgan fingerprint density at radius 2 is 2.11 bits per heavy atom. The van der Waals surface area contributed by atoms with E-state index >= 15 is 0 Å². The minimum absolute atomic E-state index is 0.0136. The first-order chi connectivity index (χ1) is 8.38. The zero-order valence-electron chi connectivity index (χ0n) is 10.8. The van der Waals surface area contributed by atoms with E-state index in [9.17, 15) is 8.42 Å². The van der Waals surface area contributed by atoms with Gasteiger partial charge in [0.25, 0.3) is 0 Å². The van der Waals surface area contributed by atoms with Crippen LogP contribution in [0.1, 0.15) is 31.7 Å². The number of anilines is 1. The molecule has 1 aliphatic rings. The van der Waals surface area contributed by atoms with Crippen molar-refractivity contribution in [3.63, 3.8) is 0 Å². The number of sulfonamides is 1. The van der Waals surface area contributed by atoms with Gasteiger partial charge in [0.2, 0.25) is 10.0 Å². The summed E-state index contributed by atoms with van der Waals surface area (Å²) in [6.45, 7) is 3.72. The van der Waals surface area contributed by atoms with E-state index in [0.29, 0.717) is 11.6 Å². The molecule has 100 valence electrons. The van der Waals surface area contributed by atoms with E-state index in [-0.39, 0.29) is 10.9 Å². The SMILES string of the molecule is Cc1cc(S(=O)(=O)NC(C)CC2CC2)ccc1N. The van der Waals surface area contributed by atoms with Crippen LogP contribution in [0, 0.1) is 12.8 Å². The molecule has 1 aromatic rings. The molecule has 18 heavy (non-hydrogen) atoms. The summed E-state index contributed by atoms with van der Waals surface area (Å²) < 4.78 is 27.0. The van der Waals surface area contributed by atoms with E-state index in [1.54, 1.807) is 18.2 Å². The van der Waals surface area contributed by atoms with Crippen LogP contribution in [0.3, 0.4) is 0 Å². The lowest BCUT2D eigenvalue weighted by Gasteiger charge is -2.14. The smallest absolute Gasteiger partial charge is 0.240 e. The molecule has 0 aromatic heterocycles. The molecule has 1 unspecified atom stereocenters. The molecule has 1 saturated carbocycles. The summed E-state index contributed by atoms with van der Waals surface area (Å²) in [6, 6.07) is 4.78. The summed E-state index contributed by atoms with van der Waals surface area (Å²) in [7, 11) is -3.42. The highest BCUT2D eigenvalue weighted by Gasteiger charge is 2.26. The van der Waals surface area contributed by atoms with Gasteiger partial charge in [0.05, 0.1) is 4.90 Å². The molecule has 0 amide bonds. The maximum Gasteiger partial charge on any atom is 0.240 e. The molecule has 0 spiro atoms. The van der Waals surface area contributed by atoms with Crippen molar-refractivity contribution >= 4 is 15.7 Å². The van der Waals surface area contributed by atoms with E-state index in [2.05, 4.69) is 4.72 Å². The van der Waals surface area contributed by atoms with Crippen molar-refractivity contribution in [1.82, 2.24) is 4.72 Å². The Labute approximate surface area is 109 Å². The third kappa shape index (κ3) is 3.23. The van der Waals surface area contributed by atoms with Crippen molar-refractivity contribution in [3.05, 3.63) is 23.8 Å². The lowest BCUT2D eigenvalue weighted by atomic mass is 10.2. The number of aryl methyl sites for hydroxylation is 1. The number of nitrogen functional groups attached to an aromatic ring is 1. The number of hydrogen-bond donors (Lipinski definition) is 2. The molecule has 0 saturated heterocycles. The monoisotopic (exact) mass is 268 g/mol. The minimum atomic E-state index is -3.42. The normalized spacial score (nSPS) is 17.7. The highest BCUT2D eigenvalue weighted by atomic mass is 32.2. The molecule has 0 aliphatic heterocycles. The fourth-order valence-corrected chi connectivity index (χ4v) is 3.39. The van der Waals surface area contributed by atoms with Gasteiger partial charge in [0.1, 0.15) is 0 Å². The summed E-state index contributed by atoms with van der Waals surface area (Å²) in [4.78, 5) is 0.289. The average molecular weight is 268 g/mol. The maximum atomic E-state index is 12.2. The van der Waals surface area contributed by atoms with Gasteiger partial charge in [-0.3, -0.25) is 0 Å². The summed E-state index contributed by atoms with van der Waals surface area (Å²) in [5, 5.41) is 0. The van der Waals surface area contributed by atoms with Crippen LogP contribution >= 0.6 is 0 Å². The molecule has 5 heteroatoms. The van der Waals surface area contributed by atoms with Crippen molar-refractivity contribution in [2.24, 2.45) is 5.92 Å². The summed E-state index contributed by atoms with van der Waals surface area (Å²) in [5.74, 6) is 0.704. The second-order valence-corrected chi connectivity index (χ2v) is 6.93. The van der Waals surface area contributed by atoms with Crippen LogP contribution in [0.25, 0.3) is 0 Å². The fraction of sp³-hybridized carbons (Fsp3) is 0.538. The Morgan fingerprint density at radius 1 is 1.44 bits per heavy atom. The number of nitrogens with two attached hydrogens (primary N) is 1. The van der Waals surface area contributed by atoms with E-state index in [1.165, 1.54) is 12.8 Å². The first-order valence-corrected chi connectivity index (χ1v) is 7.75. The van der Waals surface area contributed by atoms with Gasteiger partial charge in [-0.2, -0.15) is 0 Å². The van der Waals surface area contributed by atoms with Crippen molar-refractivity contribution in [2.45, 2.75) is 44.0 Å². The Hall–Kier alpha value is -1.07. The third-order valence-corrected chi connectivity index (χ3v) is 4.88. The van der Waals surface area contributed by atoms with Gasteiger partial charge >= 0.3 is 0 Å². The van der Waals surface area contributed by atoms with Gasteiger partial charge in [-0.25, -0.2) is 13.1 Å². The predicted molar refractivity (Wildman–Crippen MR) is 72.7 cm³/mol. The lowest BCUT2D eigenvalue weighted by molar-refractivity contribution is 0.530. The molecule has 0 bridgehead atoms. The second kappa shape index (κ2) is 4.90. The zero-order valence-corrected chi connectivity index (χ0v) is 11.6. The van der Waals surface area contributed by atoms with Crippen molar-refractivity contribution in [2.75, 3.05) is 5.73 Å². The van der Waals surface area contributed by atoms with E-state index in [4.69, 9.17) is 5.73 Å². The highest BCUT2D eigenvalue weighted by Crippen LogP contribution is 2.33. The molecule has 4 nitrogen and oxygen atoms in total. The molecule has 1 fully saturated rings. The summed E-state index contributed by atoms with van der Waals surface area (Å²) in [6.07, 6.45) is 3.38. The molecular weight excluding hydrogens is 248 g/mol. The zero-order chi connectivity index (χ0) is 13.3. The van der Waals surface area contributed by atoms with Gasteiger partial charge in [-0.15, -0.1) is 0 Å². The molecule has 0 heterocycles.